The number of benzene rings is 1. The van der Waals surface area contributed by atoms with Gasteiger partial charge in [0.05, 0.1) is 13.2 Å². The third-order valence-electron chi connectivity index (χ3n) is 2.94. The lowest BCUT2D eigenvalue weighted by atomic mass is 10.1. The number of anilines is 1. The Bertz CT molecular complexity index is 433. The van der Waals surface area contributed by atoms with Gasteiger partial charge in [0.15, 0.2) is 0 Å². The fourth-order valence-corrected chi connectivity index (χ4v) is 1.85. The van der Waals surface area contributed by atoms with Gasteiger partial charge in [0.2, 0.25) is 5.91 Å². The first kappa shape index (κ1) is 19.6. The molecule has 2 N–H and O–H groups in total. The summed E-state index contributed by atoms with van der Waals surface area (Å²) >= 11 is 0. The summed E-state index contributed by atoms with van der Waals surface area (Å²) in [7, 11) is 1.47. The van der Waals surface area contributed by atoms with Crippen LogP contribution in [-0.2, 0) is 16.0 Å². The van der Waals surface area contributed by atoms with Crippen LogP contribution in [0.3, 0.4) is 0 Å². The summed E-state index contributed by atoms with van der Waals surface area (Å²) < 4.78 is 29.7. The average molecular weight is 323 g/mol. The van der Waals surface area contributed by atoms with E-state index in [2.05, 4.69) is 0 Å². The Hall–Kier alpha value is -1.40. The van der Waals surface area contributed by atoms with Crippen molar-refractivity contribution >= 4 is 24.0 Å². The monoisotopic (exact) mass is 322 g/mol. The Balaban J connectivity index is 0.00000400. The summed E-state index contributed by atoms with van der Waals surface area (Å²) in [5.74, 6) is -0.314. The molecule has 1 rings (SSSR count). The molecule has 0 aliphatic rings. The number of hydrogen-bond donors (Lipinski definition) is 1. The first-order chi connectivity index (χ1) is 9.54. The topological polar surface area (TPSA) is 55.6 Å². The molecule has 0 spiro atoms. The molecule has 0 radical (unpaired) electrons. The zero-order chi connectivity index (χ0) is 15.0. The van der Waals surface area contributed by atoms with Crippen LogP contribution in [0, 0.1) is 0 Å². The van der Waals surface area contributed by atoms with Gasteiger partial charge in [0.25, 0.3) is 6.43 Å². The van der Waals surface area contributed by atoms with Crippen LogP contribution in [0.5, 0.6) is 0 Å². The number of methoxy groups -OCH3 is 1. The molecule has 0 atom stereocenters. The highest BCUT2D eigenvalue weighted by atomic mass is 35.5. The maximum absolute atomic E-state index is 12.4. The van der Waals surface area contributed by atoms with Gasteiger partial charge in [-0.2, -0.15) is 0 Å². The maximum atomic E-state index is 12.4. The first-order valence-electron chi connectivity index (χ1n) is 6.42. The Morgan fingerprint density at radius 3 is 2.62 bits per heavy atom. The van der Waals surface area contributed by atoms with Crippen molar-refractivity contribution in [1.82, 2.24) is 4.90 Å². The second-order valence-corrected chi connectivity index (χ2v) is 4.42. The molecule has 120 valence electrons. The van der Waals surface area contributed by atoms with Gasteiger partial charge in [-0.15, -0.1) is 12.4 Å². The smallest absolute Gasteiger partial charge is 0.255 e. The zero-order valence-electron chi connectivity index (χ0n) is 11.9. The van der Waals surface area contributed by atoms with E-state index in [1.54, 1.807) is 6.07 Å². The van der Waals surface area contributed by atoms with Gasteiger partial charge in [-0.25, -0.2) is 8.78 Å². The Morgan fingerprint density at radius 1 is 1.38 bits per heavy atom. The van der Waals surface area contributed by atoms with Crippen LogP contribution < -0.4 is 5.73 Å². The molecule has 0 saturated heterocycles. The lowest BCUT2D eigenvalue weighted by Gasteiger charge is -2.22. The van der Waals surface area contributed by atoms with Crippen molar-refractivity contribution < 1.29 is 18.3 Å². The normalized spacial score (nSPS) is 10.3. The number of amides is 1. The molecule has 0 heterocycles. The van der Waals surface area contributed by atoms with Gasteiger partial charge < -0.3 is 15.4 Å². The van der Waals surface area contributed by atoms with Crippen molar-refractivity contribution in [2.24, 2.45) is 0 Å². The van der Waals surface area contributed by atoms with Crippen LogP contribution in [0.25, 0.3) is 0 Å². The first-order valence-corrected chi connectivity index (χ1v) is 6.42. The van der Waals surface area contributed by atoms with Crippen LogP contribution >= 0.6 is 12.4 Å². The third kappa shape index (κ3) is 7.24. The number of nitrogen functional groups attached to an aromatic ring is 1. The summed E-state index contributed by atoms with van der Waals surface area (Å²) in [6.07, 6.45) is -1.94. The minimum absolute atomic E-state index is 0. The van der Waals surface area contributed by atoms with Crippen molar-refractivity contribution in [1.29, 1.82) is 0 Å². The molecule has 0 bridgehead atoms. The molecule has 21 heavy (non-hydrogen) atoms. The van der Waals surface area contributed by atoms with E-state index in [0.717, 1.165) is 10.5 Å². The standard InChI is InChI=1S/C14H20F2N2O2.ClH/c1-20-9-8-18(10-13(15)16)14(19)7-6-11-4-2-3-5-12(11)17;/h2-5,13H,6-10,17H2,1H3;1H. The van der Waals surface area contributed by atoms with E-state index < -0.39 is 13.0 Å². The predicted molar refractivity (Wildman–Crippen MR) is 80.9 cm³/mol. The second kappa shape index (κ2) is 10.3. The molecule has 1 amide bonds. The maximum Gasteiger partial charge on any atom is 0.255 e. The quantitative estimate of drug-likeness (QED) is 0.748. The SMILES string of the molecule is COCCN(CC(F)F)C(=O)CCc1ccccc1N.Cl. The van der Waals surface area contributed by atoms with Crippen LogP contribution in [0.1, 0.15) is 12.0 Å². The van der Waals surface area contributed by atoms with E-state index in [1.165, 1.54) is 7.11 Å². The molecule has 1 aromatic carbocycles. The minimum atomic E-state index is -2.54. The van der Waals surface area contributed by atoms with Crippen LogP contribution in [-0.4, -0.2) is 44.0 Å². The molecule has 7 heteroatoms. The third-order valence-corrected chi connectivity index (χ3v) is 2.94. The van der Waals surface area contributed by atoms with Crippen molar-refractivity contribution in [3.8, 4) is 0 Å². The van der Waals surface area contributed by atoms with Crippen molar-refractivity contribution in [3.63, 3.8) is 0 Å². The largest absolute Gasteiger partial charge is 0.399 e. The summed E-state index contributed by atoms with van der Waals surface area (Å²) in [6.45, 7) is -0.150. The summed E-state index contributed by atoms with van der Waals surface area (Å²) in [6, 6.07) is 7.22. The lowest BCUT2D eigenvalue weighted by molar-refractivity contribution is -0.133. The molecule has 0 aliphatic heterocycles. The lowest BCUT2D eigenvalue weighted by Crippen LogP contribution is -2.37. The van der Waals surface area contributed by atoms with Crippen molar-refractivity contribution in [2.45, 2.75) is 19.3 Å². The van der Waals surface area contributed by atoms with Gasteiger partial charge in [0.1, 0.15) is 0 Å². The Morgan fingerprint density at radius 2 is 2.05 bits per heavy atom. The number of carbonyl (C=O) groups excluding carboxylic acids is 1. The molecule has 0 aromatic heterocycles. The van der Waals surface area contributed by atoms with Crippen LogP contribution in [0.2, 0.25) is 0 Å². The molecular formula is C14H21ClF2N2O2. The van der Waals surface area contributed by atoms with Gasteiger partial charge in [0, 0.05) is 25.8 Å². The zero-order valence-corrected chi connectivity index (χ0v) is 12.7. The van der Waals surface area contributed by atoms with E-state index in [4.69, 9.17) is 10.5 Å². The number of carbonyl (C=O) groups is 1. The highest BCUT2D eigenvalue weighted by Gasteiger charge is 2.17. The predicted octanol–water partition coefficient (Wildman–Crippen LogP) is 2.36. The minimum Gasteiger partial charge on any atom is -0.399 e. The molecule has 1 aromatic rings. The Labute approximate surface area is 129 Å². The van der Waals surface area contributed by atoms with E-state index in [9.17, 15) is 13.6 Å². The molecule has 0 unspecified atom stereocenters. The number of alkyl halides is 2. The van der Waals surface area contributed by atoms with E-state index >= 15 is 0 Å². The number of rotatable bonds is 8. The number of aryl methyl sites for hydroxylation is 1. The molecule has 4 nitrogen and oxygen atoms in total. The number of hydrogen-bond acceptors (Lipinski definition) is 3. The summed E-state index contributed by atoms with van der Waals surface area (Å²) in [4.78, 5) is 13.1. The van der Waals surface area contributed by atoms with E-state index in [0.29, 0.717) is 12.1 Å². The highest BCUT2D eigenvalue weighted by Crippen LogP contribution is 2.13. The molecule has 0 fully saturated rings. The number of nitrogens with two attached hydrogens (primary N) is 1. The number of ether oxygens (including phenoxy) is 1. The van der Waals surface area contributed by atoms with Gasteiger partial charge >= 0.3 is 0 Å². The van der Waals surface area contributed by atoms with Gasteiger partial charge in [-0.05, 0) is 18.1 Å². The number of halogens is 3. The number of nitrogens with zero attached hydrogens (tertiary/aromatic N) is 1. The second-order valence-electron chi connectivity index (χ2n) is 4.42. The fraction of sp³-hybridized carbons (Fsp3) is 0.500. The van der Waals surface area contributed by atoms with Crippen molar-refractivity contribution in [3.05, 3.63) is 29.8 Å². The molecule has 0 saturated carbocycles. The summed E-state index contributed by atoms with van der Waals surface area (Å²) in [5, 5.41) is 0. The van der Waals surface area contributed by atoms with Crippen molar-refractivity contribution in [2.75, 3.05) is 32.5 Å². The van der Waals surface area contributed by atoms with E-state index in [1.807, 2.05) is 18.2 Å². The van der Waals surface area contributed by atoms with Gasteiger partial charge in [-0.1, -0.05) is 18.2 Å². The summed E-state index contributed by atoms with van der Waals surface area (Å²) in [5.41, 5.74) is 7.24. The Kier molecular flexibility index (Phi) is 9.65. The number of para-hydroxylation sites is 1. The van der Waals surface area contributed by atoms with Crippen LogP contribution in [0.4, 0.5) is 14.5 Å². The molecule has 0 aliphatic carbocycles. The van der Waals surface area contributed by atoms with E-state index in [-0.39, 0.29) is 37.9 Å². The van der Waals surface area contributed by atoms with Gasteiger partial charge in [-0.3, -0.25) is 4.79 Å². The fourth-order valence-electron chi connectivity index (χ4n) is 1.85. The molecular weight excluding hydrogens is 302 g/mol. The average Bonchev–Trinajstić information content (AvgIpc) is 2.41. The highest BCUT2D eigenvalue weighted by molar-refractivity contribution is 5.85. The van der Waals surface area contributed by atoms with Crippen LogP contribution in [0.15, 0.2) is 24.3 Å².